The van der Waals surface area contributed by atoms with Gasteiger partial charge in [-0.25, -0.2) is 9.78 Å². The van der Waals surface area contributed by atoms with Crippen LogP contribution >= 0.6 is 0 Å². The number of carboxylic acid groups (broad SMARTS) is 1. The van der Waals surface area contributed by atoms with Crippen molar-refractivity contribution in [3.63, 3.8) is 0 Å². The van der Waals surface area contributed by atoms with Gasteiger partial charge < -0.3 is 10.4 Å². The highest BCUT2D eigenvalue weighted by atomic mass is 16.4. The summed E-state index contributed by atoms with van der Waals surface area (Å²) in [6.07, 6.45) is 3.33. The van der Waals surface area contributed by atoms with Crippen LogP contribution in [-0.4, -0.2) is 16.1 Å². The highest BCUT2D eigenvalue weighted by Gasteiger charge is 2.09. The Balaban J connectivity index is 2.39. The maximum Gasteiger partial charge on any atom is 0.335 e. The van der Waals surface area contributed by atoms with Crippen LogP contribution in [0.4, 0.5) is 11.5 Å². The van der Waals surface area contributed by atoms with Crippen LogP contribution in [-0.2, 0) is 12.8 Å². The van der Waals surface area contributed by atoms with Crippen molar-refractivity contribution in [2.75, 3.05) is 5.32 Å². The van der Waals surface area contributed by atoms with Crippen LogP contribution < -0.4 is 5.32 Å². The van der Waals surface area contributed by atoms with Crippen LogP contribution in [0, 0.1) is 0 Å². The number of aryl methyl sites for hydroxylation is 2. The monoisotopic (exact) mass is 270 g/mol. The zero-order valence-electron chi connectivity index (χ0n) is 11.7. The Morgan fingerprint density at radius 1 is 1.20 bits per heavy atom. The predicted molar refractivity (Wildman–Crippen MR) is 79.7 cm³/mol. The standard InChI is InChI=1S/C16H18N2O2/c1-3-11-6-5-7-12(4-2)15(11)18-14-10-13(16(19)20)8-9-17-14/h5-10H,3-4H2,1-2H3,(H,17,18)(H,19,20). The molecule has 0 spiro atoms. The average molecular weight is 270 g/mol. The maximum atomic E-state index is 11.0. The Hall–Kier alpha value is -2.36. The van der Waals surface area contributed by atoms with Crippen molar-refractivity contribution in [3.8, 4) is 0 Å². The van der Waals surface area contributed by atoms with Gasteiger partial charge in [-0.2, -0.15) is 0 Å². The number of aromatic carboxylic acids is 1. The van der Waals surface area contributed by atoms with E-state index in [4.69, 9.17) is 5.11 Å². The largest absolute Gasteiger partial charge is 0.478 e. The molecule has 0 bridgehead atoms. The molecule has 2 aromatic rings. The summed E-state index contributed by atoms with van der Waals surface area (Å²) in [6, 6.07) is 9.23. The third-order valence-corrected chi connectivity index (χ3v) is 3.26. The fourth-order valence-corrected chi connectivity index (χ4v) is 2.16. The number of hydrogen-bond donors (Lipinski definition) is 2. The number of pyridine rings is 1. The van der Waals surface area contributed by atoms with E-state index in [1.54, 1.807) is 6.07 Å². The molecule has 1 aromatic carbocycles. The second kappa shape index (κ2) is 6.19. The summed E-state index contributed by atoms with van der Waals surface area (Å²) < 4.78 is 0. The summed E-state index contributed by atoms with van der Waals surface area (Å²) in [6.45, 7) is 4.20. The molecule has 1 heterocycles. The average Bonchev–Trinajstić information content (AvgIpc) is 2.47. The lowest BCUT2D eigenvalue weighted by Gasteiger charge is -2.15. The Kier molecular flexibility index (Phi) is 4.35. The van der Waals surface area contributed by atoms with Crippen LogP contribution in [0.1, 0.15) is 35.3 Å². The van der Waals surface area contributed by atoms with Gasteiger partial charge in [0.05, 0.1) is 5.56 Å². The Morgan fingerprint density at radius 3 is 2.40 bits per heavy atom. The minimum Gasteiger partial charge on any atom is -0.478 e. The number of para-hydroxylation sites is 1. The fourth-order valence-electron chi connectivity index (χ4n) is 2.16. The van der Waals surface area contributed by atoms with Gasteiger partial charge in [0.25, 0.3) is 0 Å². The van der Waals surface area contributed by atoms with E-state index >= 15 is 0 Å². The summed E-state index contributed by atoms with van der Waals surface area (Å²) >= 11 is 0. The van der Waals surface area contributed by atoms with E-state index in [1.165, 1.54) is 23.4 Å². The van der Waals surface area contributed by atoms with Gasteiger partial charge in [-0.05, 0) is 36.1 Å². The van der Waals surface area contributed by atoms with E-state index in [0.29, 0.717) is 5.82 Å². The fraction of sp³-hybridized carbons (Fsp3) is 0.250. The number of benzene rings is 1. The molecule has 2 rings (SSSR count). The molecule has 0 radical (unpaired) electrons. The van der Waals surface area contributed by atoms with Gasteiger partial charge in [0.2, 0.25) is 0 Å². The van der Waals surface area contributed by atoms with Crippen molar-refractivity contribution >= 4 is 17.5 Å². The molecular weight excluding hydrogens is 252 g/mol. The first-order chi connectivity index (χ1) is 9.65. The third-order valence-electron chi connectivity index (χ3n) is 3.26. The zero-order chi connectivity index (χ0) is 14.5. The first kappa shape index (κ1) is 14.1. The summed E-state index contributed by atoms with van der Waals surface area (Å²) in [5.74, 6) is -0.393. The van der Waals surface area contributed by atoms with Gasteiger partial charge in [0, 0.05) is 11.9 Å². The summed E-state index contributed by atoms with van der Waals surface area (Å²) in [7, 11) is 0. The van der Waals surface area contributed by atoms with Gasteiger partial charge in [-0.15, -0.1) is 0 Å². The van der Waals surface area contributed by atoms with Gasteiger partial charge in [-0.1, -0.05) is 32.0 Å². The molecule has 0 aliphatic heterocycles. The number of anilines is 2. The molecule has 0 saturated heterocycles. The van der Waals surface area contributed by atoms with Crippen LogP contribution in [0.25, 0.3) is 0 Å². The number of nitrogens with one attached hydrogen (secondary N) is 1. The molecule has 0 aliphatic carbocycles. The molecule has 0 amide bonds. The van der Waals surface area contributed by atoms with Crippen molar-refractivity contribution in [2.24, 2.45) is 0 Å². The predicted octanol–water partition coefficient (Wildman–Crippen LogP) is 3.65. The van der Waals surface area contributed by atoms with Gasteiger partial charge in [0.1, 0.15) is 5.82 Å². The lowest BCUT2D eigenvalue weighted by Crippen LogP contribution is -2.03. The number of carboxylic acids is 1. The lowest BCUT2D eigenvalue weighted by molar-refractivity contribution is 0.0697. The molecule has 4 nitrogen and oxygen atoms in total. The maximum absolute atomic E-state index is 11.0. The molecule has 2 N–H and O–H groups in total. The summed E-state index contributed by atoms with van der Waals surface area (Å²) in [5.41, 5.74) is 3.67. The van der Waals surface area contributed by atoms with E-state index in [-0.39, 0.29) is 5.56 Å². The van der Waals surface area contributed by atoms with Crippen LogP contribution in [0.3, 0.4) is 0 Å². The number of rotatable bonds is 5. The van der Waals surface area contributed by atoms with Crippen molar-refractivity contribution in [1.29, 1.82) is 0 Å². The van der Waals surface area contributed by atoms with Crippen LogP contribution in [0.5, 0.6) is 0 Å². The summed E-state index contributed by atoms with van der Waals surface area (Å²) in [4.78, 5) is 15.2. The van der Waals surface area contributed by atoms with E-state index < -0.39 is 5.97 Å². The van der Waals surface area contributed by atoms with Crippen molar-refractivity contribution in [3.05, 3.63) is 53.2 Å². The van der Waals surface area contributed by atoms with Gasteiger partial charge in [0.15, 0.2) is 0 Å². The topological polar surface area (TPSA) is 62.2 Å². The Morgan fingerprint density at radius 2 is 1.85 bits per heavy atom. The number of aromatic nitrogens is 1. The molecule has 0 atom stereocenters. The van der Waals surface area contributed by atoms with E-state index in [2.05, 4.69) is 36.3 Å². The van der Waals surface area contributed by atoms with Crippen molar-refractivity contribution in [1.82, 2.24) is 4.98 Å². The third kappa shape index (κ3) is 2.96. The van der Waals surface area contributed by atoms with Gasteiger partial charge >= 0.3 is 5.97 Å². The van der Waals surface area contributed by atoms with Crippen LogP contribution in [0.15, 0.2) is 36.5 Å². The first-order valence-electron chi connectivity index (χ1n) is 6.72. The van der Waals surface area contributed by atoms with Crippen molar-refractivity contribution < 1.29 is 9.90 Å². The first-order valence-corrected chi connectivity index (χ1v) is 6.72. The zero-order valence-corrected chi connectivity index (χ0v) is 11.7. The quantitative estimate of drug-likeness (QED) is 0.870. The second-order valence-corrected chi connectivity index (χ2v) is 4.52. The minimum atomic E-state index is -0.949. The Labute approximate surface area is 118 Å². The molecule has 0 fully saturated rings. The molecule has 0 aliphatic rings. The van der Waals surface area contributed by atoms with Gasteiger partial charge in [-0.3, -0.25) is 0 Å². The number of nitrogens with zero attached hydrogens (tertiary/aromatic N) is 1. The highest BCUT2D eigenvalue weighted by molar-refractivity contribution is 5.88. The normalized spacial score (nSPS) is 10.3. The van der Waals surface area contributed by atoms with Crippen LogP contribution in [0.2, 0.25) is 0 Å². The molecule has 20 heavy (non-hydrogen) atoms. The lowest BCUT2D eigenvalue weighted by atomic mass is 10.0. The van der Waals surface area contributed by atoms with Crippen molar-refractivity contribution in [2.45, 2.75) is 26.7 Å². The molecular formula is C16H18N2O2. The molecule has 104 valence electrons. The molecule has 0 saturated carbocycles. The SMILES string of the molecule is CCc1cccc(CC)c1Nc1cc(C(=O)O)ccn1. The number of hydrogen-bond acceptors (Lipinski definition) is 3. The molecule has 4 heteroatoms. The molecule has 1 aromatic heterocycles. The molecule has 0 unspecified atom stereocenters. The Bertz CT molecular complexity index is 601. The highest BCUT2D eigenvalue weighted by Crippen LogP contribution is 2.25. The summed E-state index contributed by atoms with van der Waals surface area (Å²) in [5, 5.41) is 12.3. The van der Waals surface area contributed by atoms with E-state index in [0.717, 1.165) is 18.5 Å². The minimum absolute atomic E-state index is 0.231. The second-order valence-electron chi connectivity index (χ2n) is 4.52. The van der Waals surface area contributed by atoms with E-state index in [1.807, 2.05) is 6.07 Å². The number of carbonyl (C=O) groups is 1. The van der Waals surface area contributed by atoms with E-state index in [9.17, 15) is 4.79 Å². The smallest absolute Gasteiger partial charge is 0.335 e.